The SMILES string of the molecule is Cn1nc2n(c1=O)CC1(CCN(C(=O)CNS(C)(=O)=O)C1)OC2. The molecule has 23 heavy (non-hydrogen) atoms. The van der Waals surface area contributed by atoms with E-state index >= 15 is 0 Å². The lowest BCUT2D eigenvalue weighted by molar-refractivity contribution is -0.132. The molecule has 0 radical (unpaired) electrons. The van der Waals surface area contributed by atoms with Crippen LogP contribution in [-0.4, -0.2) is 65.1 Å². The Labute approximate surface area is 133 Å². The molecule has 1 spiro atoms. The number of sulfonamides is 1. The number of hydrogen-bond acceptors (Lipinski definition) is 6. The van der Waals surface area contributed by atoms with Crippen molar-refractivity contribution in [3.05, 3.63) is 16.3 Å². The van der Waals surface area contributed by atoms with Gasteiger partial charge in [-0.1, -0.05) is 0 Å². The third-order valence-electron chi connectivity index (χ3n) is 4.19. The molecule has 1 amide bonds. The normalized spacial score (nSPS) is 24.2. The summed E-state index contributed by atoms with van der Waals surface area (Å²) >= 11 is 0. The fourth-order valence-electron chi connectivity index (χ4n) is 2.98. The van der Waals surface area contributed by atoms with E-state index in [0.29, 0.717) is 31.9 Å². The molecule has 2 aliphatic heterocycles. The summed E-state index contributed by atoms with van der Waals surface area (Å²) in [5, 5.41) is 4.10. The number of carbonyl (C=O) groups is 1. The van der Waals surface area contributed by atoms with Gasteiger partial charge in [0.25, 0.3) is 0 Å². The lowest BCUT2D eigenvalue weighted by Crippen LogP contribution is -2.48. The highest BCUT2D eigenvalue weighted by Gasteiger charge is 2.44. The van der Waals surface area contributed by atoms with E-state index in [1.54, 1.807) is 16.5 Å². The average Bonchev–Trinajstić information content (AvgIpc) is 3.00. The number of nitrogens with zero attached hydrogens (tertiary/aromatic N) is 4. The molecule has 11 heteroatoms. The van der Waals surface area contributed by atoms with Crippen molar-refractivity contribution in [3.8, 4) is 0 Å². The lowest BCUT2D eigenvalue weighted by atomic mass is 10.0. The van der Waals surface area contributed by atoms with Gasteiger partial charge in [0.1, 0.15) is 12.2 Å². The third-order valence-corrected chi connectivity index (χ3v) is 4.86. The Morgan fingerprint density at radius 2 is 2.17 bits per heavy atom. The second-order valence-electron chi connectivity index (χ2n) is 6.04. The number of ether oxygens (including phenoxy) is 1. The van der Waals surface area contributed by atoms with Crippen LogP contribution in [0.1, 0.15) is 12.2 Å². The van der Waals surface area contributed by atoms with Gasteiger partial charge >= 0.3 is 5.69 Å². The zero-order valence-electron chi connectivity index (χ0n) is 13.0. The predicted molar refractivity (Wildman–Crippen MR) is 79.0 cm³/mol. The van der Waals surface area contributed by atoms with E-state index in [9.17, 15) is 18.0 Å². The van der Waals surface area contributed by atoms with Crippen LogP contribution in [0, 0.1) is 0 Å². The summed E-state index contributed by atoms with van der Waals surface area (Å²) in [6.07, 6.45) is 1.60. The first-order valence-corrected chi connectivity index (χ1v) is 9.07. The summed E-state index contributed by atoms with van der Waals surface area (Å²) in [5.74, 6) is 0.270. The quantitative estimate of drug-likeness (QED) is 0.655. The Hall–Kier alpha value is -1.72. The highest BCUT2D eigenvalue weighted by molar-refractivity contribution is 7.88. The van der Waals surface area contributed by atoms with Gasteiger partial charge in [0, 0.05) is 13.6 Å². The molecule has 1 N–H and O–H groups in total. The van der Waals surface area contributed by atoms with E-state index in [2.05, 4.69) is 9.82 Å². The van der Waals surface area contributed by atoms with Crippen LogP contribution < -0.4 is 10.4 Å². The first kappa shape index (κ1) is 16.1. The number of rotatable bonds is 3. The van der Waals surface area contributed by atoms with Crippen LogP contribution >= 0.6 is 0 Å². The summed E-state index contributed by atoms with van der Waals surface area (Å²) < 4.78 is 33.1. The van der Waals surface area contributed by atoms with Gasteiger partial charge in [-0.05, 0) is 6.42 Å². The van der Waals surface area contributed by atoms with Crippen LogP contribution in [0.15, 0.2) is 4.79 Å². The first-order valence-electron chi connectivity index (χ1n) is 7.18. The number of hydrogen-bond donors (Lipinski definition) is 1. The van der Waals surface area contributed by atoms with Gasteiger partial charge in [-0.2, -0.15) is 5.10 Å². The number of nitrogens with one attached hydrogen (secondary N) is 1. The Kier molecular flexibility index (Phi) is 3.81. The molecule has 0 bridgehead atoms. The Morgan fingerprint density at radius 3 is 2.87 bits per heavy atom. The monoisotopic (exact) mass is 345 g/mol. The van der Waals surface area contributed by atoms with E-state index < -0.39 is 15.6 Å². The number of aryl methyl sites for hydroxylation is 1. The predicted octanol–water partition coefficient (Wildman–Crippen LogP) is -2.37. The number of aromatic nitrogens is 3. The Bertz CT molecular complexity index is 797. The molecule has 3 rings (SSSR count). The van der Waals surface area contributed by atoms with Crippen molar-refractivity contribution < 1.29 is 17.9 Å². The molecule has 1 fully saturated rings. The summed E-state index contributed by atoms with van der Waals surface area (Å²) in [4.78, 5) is 25.7. The van der Waals surface area contributed by atoms with Gasteiger partial charge in [0.15, 0.2) is 5.82 Å². The number of amides is 1. The van der Waals surface area contributed by atoms with Crippen molar-refractivity contribution in [2.75, 3.05) is 25.9 Å². The highest BCUT2D eigenvalue weighted by Crippen LogP contribution is 2.31. The molecule has 1 aromatic rings. The molecule has 0 aliphatic carbocycles. The molecule has 128 valence electrons. The lowest BCUT2D eigenvalue weighted by Gasteiger charge is -2.33. The van der Waals surface area contributed by atoms with Crippen LogP contribution in [0.5, 0.6) is 0 Å². The summed E-state index contributed by atoms with van der Waals surface area (Å²) in [7, 11) is -1.83. The molecule has 0 saturated carbocycles. The van der Waals surface area contributed by atoms with Crippen LogP contribution in [0.4, 0.5) is 0 Å². The minimum Gasteiger partial charge on any atom is -0.363 e. The largest absolute Gasteiger partial charge is 0.363 e. The summed E-state index contributed by atoms with van der Waals surface area (Å²) in [6, 6.07) is 0. The van der Waals surface area contributed by atoms with E-state index in [4.69, 9.17) is 4.74 Å². The maximum absolute atomic E-state index is 12.1. The van der Waals surface area contributed by atoms with Crippen molar-refractivity contribution in [1.29, 1.82) is 0 Å². The van der Waals surface area contributed by atoms with Gasteiger partial charge in [0.2, 0.25) is 15.9 Å². The highest BCUT2D eigenvalue weighted by atomic mass is 32.2. The molecule has 1 saturated heterocycles. The second-order valence-corrected chi connectivity index (χ2v) is 7.87. The molecule has 1 unspecified atom stereocenters. The summed E-state index contributed by atoms with van der Waals surface area (Å²) in [6.45, 7) is 1.09. The van der Waals surface area contributed by atoms with Crippen molar-refractivity contribution >= 4 is 15.9 Å². The average molecular weight is 345 g/mol. The van der Waals surface area contributed by atoms with Gasteiger partial charge in [-0.25, -0.2) is 22.6 Å². The van der Waals surface area contributed by atoms with E-state index in [0.717, 1.165) is 6.26 Å². The first-order chi connectivity index (χ1) is 10.7. The fourth-order valence-corrected chi connectivity index (χ4v) is 3.37. The molecule has 1 aromatic heterocycles. The standard InChI is InChI=1S/C12H19N5O5S/c1-15-11(19)17-8-12(22-6-9(17)14-15)3-4-16(7-12)10(18)5-13-23(2,20)21/h13H,3-8H2,1-2H3. The number of fused-ring (bicyclic) bond motifs is 1. The van der Waals surface area contributed by atoms with Crippen molar-refractivity contribution in [2.24, 2.45) is 7.05 Å². The van der Waals surface area contributed by atoms with Gasteiger partial charge in [0.05, 0.1) is 25.9 Å². The van der Waals surface area contributed by atoms with Crippen LogP contribution in [0.25, 0.3) is 0 Å². The number of carbonyl (C=O) groups excluding carboxylic acids is 1. The molecule has 0 aromatic carbocycles. The zero-order chi connectivity index (χ0) is 16.8. The third kappa shape index (κ3) is 3.16. The number of likely N-dealkylation sites (tertiary alicyclic amines) is 1. The van der Waals surface area contributed by atoms with E-state index in [-0.39, 0.29) is 24.7 Å². The van der Waals surface area contributed by atoms with Crippen molar-refractivity contribution in [2.45, 2.75) is 25.2 Å². The molecule has 10 nitrogen and oxygen atoms in total. The molecular weight excluding hydrogens is 326 g/mol. The van der Waals surface area contributed by atoms with Gasteiger partial charge < -0.3 is 9.64 Å². The van der Waals surface area contributed by atoms with Crippen molar-refractivity contribution in [3.63, 3.8) is 0 Å². The maximum Gasteiger partial charge on any atom is 0.345 e. The van der Waals surface area contributed by atoms with Crippen LogP contribution in [0.3, 0.4) is 0 Å². The van der Waals surface area contributed by atoms with E-state index in [1.807, 2.05) is 0 Å². The fraction of sp³-hybridized carbons (Fsp3) is 0.750. The zero-order valence-corrected chi connectivity index (χ0v) is 13.8. The smallest absolute Gasteiger partial charge is 0.345 e. The minimum atomic E-state index is -3.41. The van der Waals surface area contributed by atoms with Gasteiger partial charge in [-0.3, -0.25) is 9.36 Å². The molecule has 2 aliphatic rings. The van der Waals surface area contributed by atoms with Crippen LogP contribution in [-0.2, 0) is 39.8 Å². The maximum atomic E-state index is 12.1. The molecule has 1 atom stereocenters. The Morgan fingerprint density at radius 1 is 1.43 bits per heavy atom. The summed E-state index contributed by atoms with van der Waals surface area (Å²) in [5.41, 5.74) is -0.813. The minimum absolute atomic E-state index is 0.203. The van der Waals surface area contributed by atoms with Crippen LogP contribution in [0.2, 0.25) is 0 Å². The second kappa shape index (κ2) is 5.42. The molecule has 3 heterocycles. The van der Waals surface area contributed by atoms with E-state index in [1.165, 1.54) is 4.68 Å². The molecular formula is C12H19N5O5S. The van der Waals surface area contributed by atoms with Crippen molar-refractivity contribution in [1.82, 2.24) is 24.0 Å². The van der Waals surface area contributed by atoms with Gasteiger partial charge in [-0.15, -0.1) is 0 Å². The topological polar surface area (TPSA) is 116 Å². The Balaban J connectivity index is 1.69.